The zero-order valence-corrected chi connectivity index (χ0v) is 18.3. The molecule has 1 saturated heterocycles. The monoisotopic (exact) mass is 453 g/mol. The first-order chi connectivity index (χ1) is 15.6. The van der Waals surface area contributed by atoms with Gasteiger partial charge in [0, 0.05) is 36.1 Å². The molecule has 1 fully saturated rings. The molecule has 2 heterocycles. The Labute approximate surface area is 190 Å². The Morgan fingerprint density at radius 1 is 1.19 bits per heavy atom. The van der Waals surface area contributed by atoms with E-state index in [1.54, 1.807) is 12.1 Å². The average molecular weight is 454 g/mol. The fraction of sp³-hybridized carbons (Fsp3) is 0.333. The highest BCUT2D eigenvalue weighted by molar-refractivity contribution is 6.33. The molecule has 0 radical (unpaired) electrons. The van der Waals surface area contributed by atoms with Gasteiger partial charge in [-0.25, -0.2) is 0 Å². The maximum Gasteiger partial charge on any atom is 0.262 e. The summed E-state index contributed by atoms with van der Waals surface area (Å²) in [6, 6.07) is 11.0. The molecule has 166 valence electrons. The molecule has 0 atom stereocenters. The van der Waals surface area contributed by atoms with Crippen LogP contribution in [0.25, 0.3) is 11.0 Å². The molecule has 1 aliphatic carbocycles. The number of nitrogens with zero attached hydrogens (tertiary/aromatic N) is 1. The van der Waals surface area contributed by atoms with Crippen LogP contribution >= 0.6 is 11.6 Å². The van der Waals surface area contributed by atoms with E-state index in [0.29, 0.717) is 29.5 Å². The van der Waals surface area contributed by atoms with Gasteiger partial charge in [-0.05, 0) is 55.7 Å². The Morgan fingerprint density at radius 2 is 2.06 bits per heavy atom. The number of benzene rings is 2. The topological polar surface area (TPSA) is 83.8 Å². The summed E-state index contributed by atoms with van der Waals surface area (Å²) in [7, 11) is 0. The van der Waals surface area contributed by atoms with Gasteiger partial charge in [-0.2, -0.15) is 0 Å². The minimum absolute atomic E-state index is 0.0315. The maximum absolute atomic E-state index is 12.4. The summed E-state index contributed by atoms with van der Waals surface area (Å²) in [6.07, 6.45) is 4.33. The van der Waals surface area contributed by atoms with Gasteiger partial charge in [-0.1, -0.05) is 11.6 Å². The first-order valence-electron chi connectivity index (χ1n) is 10.8. The van der Waals surface area contributed by atoms with Gasteiger partial charge < -0.3 is 24.7 Å². The van der Waals surface area contributed by atoms with E-state index < -0.39 is 0 Å². The molecule has 0 bridgehead atoms. The predicted octanol–water partition coefficient (Wildman–Crippen LogP) is 3.92. The number of hydrogen-bond donors (Lipinski definition) is 2. The van der Waals surface area contributed by atoms with Crippen molar-refractivity contribution in [1.82, 2.24) is 5.32 Å². The molecule has 2 amide bonds. The van der Waals surface area contributed by atoms with E-state index in [1.807, 2.05) is 29.2 Å². The number of furan rings is 1. The van der Waals surface area contributed by atoms with Gasteiger partial charge in [0.1, 0.15) is 17.1 Å². The molecule has 2 aliphatic rings. The number of carbonyl (C=O) groups excluding carboxylic acids is 2. The van der Waals surface area contributed by atoms with Crippen LogP contribution in [0.2, 0.25) is 5.02 Å². The van der Waals surface area contributed by atoms with Gasteiger partial charge in [0.25, 0.3) is 5.91 Å². The molecule has 1 aromatic heterocycles. The number of ether oxygens (including phenoxy) is 1. The molecule has 2 N–H and O–H groups in total. The molecule has 7 nitrogen and oxygen atoms in total. The van der Waals surface area contributed by atoms with Gasteiger partial charge in [-0.15, -0.1) is 0 Å². The Morgan fingerprint density at radius 3 is 2.91 bits per heavy atom. The SMILES string of the molecule is O=C1CN(c2ccc(NC(=O)COc3ccc4oc5c(c4c3)CCCC5)cc2Cl)CCN1. The summed E-state index contributed by atoms with van der Waals surface area (Å²) in [5, 5.41) is 7.15. The van der Waals surface area contributed by atoms with E-state index in [-0.39, 0.29) is 25.0 Å². The largest absolute Gasteiger partial charge is 0.484 e. The lowest BCUT2D eigenvalue weighted by molar-refractivity contribution is -0.120. The standard InChI is InChI=1S/C24H24ClN3O4/c25-19-11-15(5-7-20(19)28-10-9-26-23(29)13-28)27-24(30)14-31-16-6-8-22-18(12-16)17-3-1-2-4-21(17)32-22/h5-8,11-12H,1-4,9-10,13-14H2,(H,26,29)(H,27,30). The number of piperazine rings is 1. The van der Waals surface area contributed by atoms with E-state index in [1.165, 1.54) is 12.0 Å². The predicted molar refractivity (Wildman–Crippen MR) is 124 cm³/mol. The number of carbonyl (C=O) groups is 2. The highest BCUT2D eigenvalue weighted by Gasteiger charge is 2.20. The van der Waals surface area contributed by atoms with Crippen molar-refractivity contribution in [1.29, 1.82) is 0 Å². The fourth-order valence-corrected chi connectivity index (χ4v) is 4.66. The quantitative estimate of drug-likeness (QED) is 0.611. The number of fused-ring (bicyclic) bond motifs is 3. The normalized spacial score (nSPS) is 15.9. The summed E-state index contributed by atoms with van der Waals surface area (Å²) in [5.41, 5.74) is 3.48. The van der Waals surface area contributed by atoms with Crippen LogP contribution in [0.4, 0.5) is 11.4 Å². The minimum atomic E-state index is -0.277. The number of anilines is 2. The third-order valence-electron chi connectivity index (χ3n) is 5.91. The van der Waals surface area contributed by atoms with Crippen LogP contribution < -0.4 is 20.3 Å². The number of amides is 2. The van der Waals surface area contributed by atoms with Gasteiger partial charge in [-0.3, -0.25) is 9.59 Å². The summed E-state index contributed by atoms with van der Waals surface area (Å²) >= 11 is 6.40. The number of aryl methyl sites for hydroxylation is 2. The van der Waals surface area contributed by atoms with Crippen molar-refractivity contribution in [2.75, 3.05) is 36.5 Å². The lowest BCUT2D eigenvalue weighted by Gasteiger charge is -2.29. The molecular formula is C24H24ClN3O4. The first-order valence-corrected chi connectivity index (χ1v) is 11.2. The summed E-state index contributed by atoms with van der Waals surface area (Å²) < 4.78 is 11.7. The first kappa shape index (κ1) is 20.7. The molecule has 0 saturated carbocycles. The minimum Gasteiger partial charge on any atom is -0.484 e. The number of halogens is 1. The Bertz CT molecular complexity index is 1190. The lowest BCUT2D eigenvalue weighted by Crippen LogP contribution is -2.47. The van der Waals surface area contributed by atoms with E-state index in [0.717, 1.165) is 41.7 Å². The molecule has 8 heteroatoms. The van der Waals surface area contributed by atoms with Gasteiger partial charge in [0.15, 0.2) is 6.61 Å². The van der Waals surface area contributed by atoms with Crippen LogP contribution in [0.3, 0.4) is 0 Å². The molecule has 2 aromatic carbocycles. The molecule has 5 rings (SSSR count). The Balaban J connectivity index is 1.21. The second kappa shape index (κ2) is 8.74. The highest BCUT2D eigenvalue weighted by Crippen LogP contribution is 2.34. The van der Waals surface area contributed by atoms with Crippen molar-refractivity contribution in [2.24, 2.45) is 0 Å². The van der Waals surface area contributed by atoms with Crippen molar-refractivity contribution >= 4 is 45.8 Å². The molecule has 1 aliphatic heterocycles. The molecule has 3 aromatic rings. The third kappa shape index (κ3) is 4.25. The van der Waals surface area contributed by atoms with Gasteiger partial charge >= 0.3 is 0 Å². The molecule has 0 unspecified atom stereocenters. The average Bonchev–Trinajstić information content (AvgIpc) is 3.16. The van der Waals surface area contributed by atoms with Crippen molar-refractivity contribution in [3.05, 3.63) is 52.7 Å². The Hall–Kier alpha value is -3.19. The van der Waals surface area contributed by atoms with Crippen molar-refractivity contribution < 1.29 is 18.7 Å². The maximum atomic E-state index is 12.4. The van der Waals surface area contributed by atoms with Crippen LogP contribution in [-0.4, -0.2) is 38.1 Å². The number of nitrogens with one attached hydrogen (secondary N) is 2. The van der Waals surface area contributed by atoms with E-state index in [9.17, 15) is 9.59 Å². The molecule has 32 heavy (non-hydrogen) atoms. The smallest absolute Gasteiger partial charge is 0.262 e. The zero-order chi connectivity index (χ0) is 22.1. The van der Waals surface area contributed by atoms with Crippen molar-refractivity contribution in [3.8, 4) is 5.75 Å². The summed E-state index contributed by atoms with van der Waals surface area (Å²) in [6.45, 7) is 1.42. The number of hydrogen-bond acceptors (Lipinski definition) is 5. The number of rotatable bonds is 5. The van der Waals surface area contributed by atoms with Crippen LogP contribution in [0, 0.1) is 0 Å². The Kier molecular flexibility index (Phi) is 5.66. The third-order valence-corrected chi connectivity index (χ3v) is 6.21. The van der Waals surface area contributed by atoms with Crippen molar-refractivity contribution in [2.45, 2.75) is 25.7 Å². The van der Waals surface area contributed by atoms with E-state index in [2.05, 4.69) is 10.6 Å². The van der Waals surface area contributed by atoms with E-state index in [4.69, 9.17) is 20.8 Å². The van der Waals surface area contributed by atoms with Crippen LogP contribution in [0.15, 0.2) is 40.8 Å². The second-order valence-corrected chi connectivity index (χ2v) is 8.55. The fourth-order valence-electron chi connectivity index (χ4n) is 4.36. The van der Waals surface area contributed by atoms with Crippen LogP contribution in [0.1, 0.15) is 24.2 Å². The zero-order valence-electron chi connectivity index (χ0n) is 17.6. The lowest BCUT2D eigenvalue weighted by atomic mass is 9.96. The molecule has 0 spiro atoms. The van der Waals surface area contributed by atoms with Gasteiger partial charge in [0.05, 0.1) is 17.3 Å². The van der Waals surface area contributed by atoms with Crippen molar-refractivity contribution in [3.63, 3.8) is 0 Å². The summed E-state index contributed by atoms with van der Waals surface area (Å²) in [4.78, 5) is 25.9. The highest BCUT2D eigenvalue weighted by atomic mass is 35.5. The van der Waals surface area contributed by atoms with Crippen LogP contribution in [0.5, 0.6) is 5.75 Å². The summed E-state index contributed by atoms with van der Waals surface area (Å²) in [5.74, 6) is 1.40. The molecular weight excluding hydrogens is 430 g/mol. The van der Waals surface area contributed by atoms with Gasteiger partial charge in [0.2, 0.25) is 5.91 Å². The second-order valence-electron chi connectivity index (χ2n) is 8.14. The van der Waals surface area contributed by atoms with Crippen LogP contribution in [-0.2, 0) is 22.4 Å². The van der Waals surface area contributed by atoms with E-state index >= 15 is 0 Å².